The van der Waals surface area contributed by atoms with Crippen LogP contribution in [0.1, 0.15) is 11.1 Å². The molecule has 1 fully saturated rings. The first-order chi connectivity index (χ1) is 13.0. The Morgan fingerprint density at radius 1 is 0.821 bits per heavy atom. The molecule has 152 valence electrons. The summed E-state index contributed by atoms with van der Waals surface area (Å²) < 4.78 is 67.8. The van der Waals surface area contributed by atoms with Gasteiger partial charge in [-0.3, -0.25) is 0 Å². The van der Waals surface area contributed by atoms with Crippen LogP contribution in [0, 0.1) is 19.7 Å². The first-order valence-electron chi connectivity index (χ1n) is 8.56. The van der Waals surface area contributed by atoms with Gasteiger partial charge in [0.05, 0.1) is 4.90 Å². The summed E-state index contributed by atoms with van der Waals surface area (Å²) in [5.41, 5.74) is 1.45. The third-order valence-corrected chi connectivity index (χ3v) is 8.88. The number of hydrogen-bond donors (Lipinski definition) is 0. The Morgan fingerprint density at radius 3 is 1.89 bits per heavy atom. The van der Waals surface area contributed by atoms with E-state index < -0.39 is 30.8 Å². The molecule has 0 bridgehead atoms. The Labute approximate surface area is 169 Å². The Morgan fingerprint density at radius 2 is 1.36 bits per heavy atom. The largest absolute Gasteiger partial charge is 0.246 e. The van der Waals surface area contributed by atoms with Gasteiger partial charge in [-0.25, -0.2) is 21.2 Å². The number of piperazine rings is 1. The second-order valence-corrected chi connectivity index (χ2v) is 10.9. The van der Waals surface area contributed by atoms with Crippen LogP contribution in [0.3, 0.4) is 0 Å². The predicted octanol–water partition coefficient (Wildman–Crippen LogP) is 2.79. The van der Waals surface area contributed by atoms with E-state index in [1.54, 1.807) is 19.1 Å². The molecule has 2 aromatic rings. The molecule has 6 nitrogen and oxygen atoms in total. The lowest BCUT2D eigenvalue weighted by molar-refractivity contribution is 0.272. The quantitative estimate of drug-likeness (QED) is 0.723. The molecule has 0 radical (unpaired) electrons. The van der Waals surface area contributed by atoms with Crippen LogP contribution in [0.15, 0.2) is 46.2 Å². The lowest BCUT2D eigenvalue weighted by Gasteiger charge is -2.33. The van der Waals surface area contributed by atoms with Gasteiger partial charge in [0.25, 0.3) is 0 Å². The van der Waals surface area contributed by atoms with Gasteiger partial charge in [0.2, 0.25) is 20.0 Å². The van der Waals surface area contributed by atoms with E-state index in [1.807, 2.05) is 13.0 Å². The molecule has 0 N–H and O–H groups in total. The Bertz CT molecular complexity index is 1110. The molecule has 0 amide bonds. The summed E-state index contributed by atoms with van der Waals surface area (Å²) in [7, 11) is -7.82. The van der Waals surface area contributed by atoms with Crippen molar-refractivity contribution in [3.05, 3.63) is 58.4 Å². The minimum absolute atomic E-state index is 0.00977. The van der Waals surface area contributed by atoms with Crippen LogP contribution in [0.2, 0.25) is 5.02 Å². The van der Waals surface area contributed by atoms with Gasteiger partial charge < -0.3 is 0 Å². The number of benzene rings is 2. The van der Waals surface area contributed by atoms with Gasteiger partial charge in [-0.05, 0) is 49.2 Å². The van der Waals surface area contributed by atoms with Crippen molar-refractivity contribution >= 4 is 31.6 Å². The van der Waals surface area contributed by atoms with Gasteiger partial charge in [-0.15, -0.1) is 0 Å². The van der Waals surface area contributed by atoms with Crippen LogP contribution in [0.5, 0.6) is 0 Å². The normalized spacial score (nSPS) is 17.0. The van der Waals surface area contributed by atoms with E-state index in [9.17, 15) is 21.2 Å². The van der Waals surface area contributed by atoms with Crippen molar-refractivity contribution in [3.63, 3.8) is 0 Å². The van der Waals surface area contributed by atoms with Gasteiger partial charge in [-0.2, -0.15) is 8.61 Å². The van der Waals surface area contributed by atoms with Crippen molar-refractivity contribution in [3.8, 4) is 0 Å². The number of aryl methyl sites for hydroxylation is 2. The molecular formula is C18H20ClFN2O4S2. The smallest absolute Gasteiger partial charge is 0.207 e. The maximum Gasteiger partial charge on any atom is 0.246 e. The molecule has 0 aromatic heterocycles. The Hall–Kier alpha value is -1.52. The molecule has 2 aromatic carbocycles. The van der Waals surface area contributed by atoms with Gasteiger partial charge in [0.1, 0.15) is 10.7 Å². The number of hydrogen-bond acceptors (Lipinski definition) is 4. The molecule has 1 aliphatic heterocycles. The maximum absolute atomic E-state index is 14.1. The summed E-state index contributed by atoms with van der Waals surface area (Å²) >= 11 is 5.68. The van der Waals surface area contributed by atoms with Crippen molar-refractivity contribution in [2.45, 2.75) is 23.6 Å². The lowest BCUT2D eigenvalue weighted by atomic mass is 10.2. The molecule has 0 saturated carbocycles. The summed E-state index contributed by atoms with van der Waals surface area (Å²) in [6, 6.07) is 8.54. The summed E-state index contributed by atoms with van der Waals surface area (Å²) in [6.45, 7) is 3.39. The van der Waals surface area contributed by atoms with Crippen molar-refractivity contribution in [1.29, 1.82) is 0 Å². The summed E-state index contributed by atoms with van der Waals surface area (Å²) in [5.74, 6) is -0.932. The van der Waals surface area contributed by atoms with Crippen molar-refractivity contribution in [1.82, 2.24) is 8.61 Å². The summed E-state index contributed by atoms with van der Waals surface area (Å²) in [5, 5.41) is 0.0980. The molecule has 0 aliphatic carbocycles. The minimum Gasteiger partial charge on any atom is -0.207 e. The highest BCUT2D eigenvalue weighted by Crippen LogP contribution is 2.26. The predicted molar refractivity (Wildman–Crippen MR) is 105 cm³/mol. The Kier molecular flexibility index (Phi) is 5.84. The third-order valence-electron chi connectivity index (χ3n) is 4.67. The van der Waals surface area contributed by atoms with E-state index in [4.69, 9.17) is 11.6 Å². The number of nitrogens with zero attached hydrogens (tertiary/aromatic N) is 2. The molecule has 28 heavy (non-hydrogen) atoms. The molecule has 1 heterocycles. The van der Waals surface area contributed by atoms with Gasteiger partial charge in [0, 0.05) is 31.2 Å². The lowest BCUT2D eigenvalue weighted by Crippen LogP contribution is -2.50. The van der Waals surface area contributed by atoms with Crippen LogP contribution in [-0.2, 0) is 20.0 Å². The maximum atomic E-state index is 14.1. The zero-order valence-corrected chi connectivity index (χ0v) is 17.8. The molecule has 1 aliphatic rings. The average Bonchev–Trinajstić information content (AvgIpc) is 2.63. The van der Waals surface area contributed by atoms with Crippen molar-refractivity contribution < 1.29 is 21.2 Å². The molecule has 1 saturated heterocycles. The zero-order chi connectivity index (χ0) is 20.7. The van der Waals surface area contributed by atoms with E-state index in [2.05, 4.69) is 0 Å². The second-order valence-electron chi connectivity index (χ2n) is 6.65. The van der Waals surface area contributed by atoms with E-state index in [1.165, 1.54) is 10.4 Å². The third kappa shape index (κ3) is 3.95. The van der Waals surface area contributed by atoms with Gasteiger partial charge in [-0.1, -0.05) is 23.7 Å². The number of halogens is 2. The van der Waals surface area contributed by atoms with E-state index in [0.29, 0.717) is 5.56 Å². The van der Waals surface area contributed by atoms with Crippen molar-refractivity contribution in [2.24, 2.45) is 0 Å². The SMILES string of the molecule is Cc1ccc(C)c(S(=O)(=O)N2CCN(S(=O)(=O)c3ccc(Cl)cc3F)CC2)c1. The van der Waals surface area contributed by atoms with E-state index in [0.717, 1.165) is 22.0 Å². The van der Waals surface area contributed by atoms with Crippen molar-refractivity contribution in [2.75, 3.05) is 26.2 Å². The highest BCUT2D eigenvalue weighted by atomic mass is 35.5. The molecule has 3 rings (SSSR count). The van der Waals surface area contributed by atoms with Gasteiger partial charge in [0.15, 0.2) is 0 Å². The monoisotopic (exact) mass is 446 g/mol. The van der Waals surface area contributed by atoms with E-state index >= 15 is 0 Å². The molecular weight excluding hydrogens is 427 g/mol. The molecule has 0 atom stereocenters. The van der Waals surface area contributed by atoms with Gasteiger partial charge >= 0.3 is 0 Å². The van der Waals surface area contributed by atoms with Crippen LogP contribution >= 0.6 is 11.6 Å². The topological polar surface area (TPSA) is 74.8 Å². The second kappa shape index (κ2) is 7.72. The first kappa shape index (κ1) is 21.2. The van der Waals surface area contributed by atoms with Crippen LogP contribution < -0.4 is 0 Å². The standard InChI is InChI=1S/C18H20ClFN2O4S2/c1-13-3-4-14(2)18(11-13)28(25,26)22-9-7-21(8-10-22)27(23,24)17-6-5-15(19)12-16(17)20/h3-6,11-12H,7-10H2,1-2H3. The van der Waals surface area contributed by atoms with Crippen LogP contribution in [0.25, 0.3) is 0 Å². The summed E-state index contributed by atoms with van der Waals surface area (Å²) in [6.07, 6.45) is 0. The number of rotatable bonds is 4. The highest BCUT2D eigenvalue weighted by molar-refractivity contribution is 7.89. The van der Waals surface area contributed by atoms with Crippen LogP contribution in [-0.4, -0.2) is 51.6 Å². The molecule has 0 unspecified atom stereocenters. The van der Waals surface area contributed by atoms with Crippen LogP contribution in [0.4, 0.5) is 4.39 Å². The summed E-state index contributed by atoms with van der Waals surface area (Å²) in [4.78, 5) is -0.254. The van der Waals surface area contributed by atoms with E-state index in [-0.39, 0.29) is 36.1 Å². The fraction of sp³-hybridized carbons (Fsp3) is 0.333. The highest BCUT2D eigenvalue weighted by Gasteiger charge is 2.35. The first-order valence-corrected chi connectivity index (χ1v) is 11.8. The Balaban J connectivity index is 1.81. The minimum atomic E-state index is -4.08. The number of sulfonamides is 2. The fourth-order valence-corrected chi connectivity index (χ4v) is 6.46. The molecule has 10 heteroatoms. The molecule has 0 spiro atoms. The average molecular weight is 447 g/mol. The fourth-order valence-electron chi connectivity index (χ4n) is 3.10. The zero-order valence-electron chi connectivity index (χ0n) is 15.4.